The molecule has 0 spiro atoms. The topological polar surface area (TPSA) is 43.4 Å². The lowest BCUT2D eigenvalue weighted by Crippen LogP contribution is -1.98. The Morgan fingerprint density at radius 3 is 2.73 bits per heavy atom. The zero-order valence-electron chi connectivity index (χ0n) is 8.12. The van der Waals surface area contributed by atoms with Gasteiger partial charge in [0.15, 0.2) is 10.4 Å². The second kappa shape index (κ2) is 4.06. The van der Waals surface area contributed by atoms with Crippen LogP contribution in [0, 0.1) is 0 Å². The lowest BCUT2D eigenvalue weighted by molar-refractivity contribution is 0.101. The van der Waals surface area contributed by atoms with E-state index < -0.39 is 0 Å². The van der Waals surface area contributed by atoms with E-state index in [-0.39, 0.29) is 5.78 Å². The molecule has 4 heteroatoms. The molecule has 2 heterocycles. The van der Waals surface area contributed by atoms with Crippen molar-refractivity contribution in [1.82, 2.24) is 0 Å². The van der Waals surface area contributed by atoms with Crippen molar-refractivity contribution in [2.24, 2.45) is 0 Å². The van der Waals surface area contributed by atoms with E-state index in [1.165, 1.54) is 6.26 Å². The van der Waals surface area contributed by atoms with Crippen LogP contribution in [-0.4, -0.2) is 5.78 Å². The van der Waals surface area contributed by atoms with Crippen LogP contribution in [0.2, 0.25) is 0 Å². The van der Waals surface area contributed by atoms with Gasteiger partial charge >= 0.3 is 0 Å². The minimum atomic E-state index is -0.171. The van der Waals surface area contributed by atoms with Crippen molar-refractivity contribution in [1.29, 1.82) is 0 Å². The van der Waals surface area contributed by atoms with Gasteiger partial charge < -0.3 is 8.83 Å². The number of halogens is 1. The van der Waals surface area contributed by atoms with Gasteiger partial charge in [-0.3, -0.25) is 4.79 Å². The number of ketones is 1. The minimum Gasteiger partial charge on any atom is -0.458 e. The summed E-state index contributed by atoms with van der Waals surface area (Å²) >= 11 is 3.16. The molecule has 3 nitrogen and oxygen atoms in total. The molecule has 0 aliphatic heterocycles. The van der Waals surface area contributed by atoms with Gasteiger partial charge in [0.2, 0.25) is 5.78 Å². The Labute approximate surface area is 95.2 Å². The predicted molar refractivity (Wildman–Crippen MR) is 57.9 cm³/mol. The van der Waals surface area contributed by atoms with Crippen LogP contribution in [0.3, 0.4) is 0 Å². The van der Waals surface area contributed by atoms with E-state index in [1.54, 1.807) is 18.2 Å². The summed E-state index contributed by atoms with van der Waals surface area (Å²) in [6.45, 7) is 1.97. The summed E-state index contributed by atoms with van der Waals surface area (Å²) in [6, 6.07) is 5.10. The quantitative estimate of drug-likeness (QED) is 0.802. The van der Waals surface area contributed by atoms with Gasteiger partial charge in [0.1, 0.15) is 5.76 Å². The fraction of sp³-hybridized carbons (Fsp3) is 0.182. The highest BCUT2D eigenvalue weighted by molar-refractivity contribution is 9.10. The second-order valence-corrected chi connectivity index (χ2v) is 3.78. The van der Waals surface area contributed by atoms with Gasteiger partial charge in [-0.05, 0) is 34.1 Å². The fourth-order valence-electron chi connectivity index (χ4n) is 1.28. The third-order valence-electron chi connectivity index (χ3n) is 2.10. The number of rotatable bonds is 3. The zero-order valence-corrected chi connectivity index (χ0v) is 9.71. The zero-order chi connectivity index (χ0) is 10.8. The molecule has 0 radical (unpaired) electrons. The summed E-state index contributed by atoms with van der Waals surface area (Å²) in [5, 5.41) is 0. The van der Waals surface area contributed by atoms with Crippen LogP contribution in [0.25, 0.3) is 0 Å². The standard InChI is InChI=1S/C11H9BrO3/c1-2-7-3-4-9(15-7)10(13)8-5-6-14-11(8)12/h3-6H,2H2,1H3. The maximum Gasteiger partial charge on any atom is 0.232 e. The highest BCUT2D eigenvalue weighted by Crippen LogP contribution is 2.22. The van der Waals surface area contributed by atoms with Crippen molar-refractivity contribution in [3.05, 3.63) is 46.2 Å². The molecule has 15 heavy (non-hydrogen) atoms. The van der Waals surface area contributed by atoms with Gasteiger partial charge in [-0.15, -0.1) is 0 Å². The van der Waals surface area contributed by atoms with E-state index in [9.17, 15) is 4.79 Å². The van der Waals surface area contributed by atoms with Crippen molar-refractivity contribution in [3.8, 4) is 0 Å². The van der Waals surface area contributed by atoms with Crippen LogP contribution in [0.5, 0.6) is 0 Å². The summed E-state index contributed by atoms with van der Waals surface area (Å²) in [7, 11) is 0. The van der Waals surface area contributed by atoms with Gasteiger partial charge in [-0.2, -0.15) is 0 Å². The average Bonchev–Trinajstić information content (AvgIpc) is 2.84. The van der Waals surface area contributed by atoms with Crippen molar-refractivity contribution in [2.45, 2.75) is 13.3 Å². The Balaban J connectivity index is 2.32. The van der Waals surface area contributed by atoms with Crippen LogP contribution in [-0.2, 0) is 6.42 Å². The molecule has 0 fully saturated rings. The van der Waals surface area contributed by atoms with Gasteiger partial charge in [-0.25, -0.2) is 0 Å². The van der Waals surface area contributed by atoms with E-state index in [1.807, 2.05) is 6.92 Å². The highest BCUT2D eigenvalue weighted by atomic mass is 79.9. The first kappa shape index (κ1) is 10.2. The molecule has 2 aromatic heterocycles. The number of hydrogen-bond donors (Lipinski definition) is 0. The molecule has 0 atom stereocenters. The van der Waals surface area contributed by atoms with Crippen LogP contribution in [0.1, 0.15) is 28.8 Å². The lowest BCUT2D eigenvalue weighted by atomic mass is 10.2. The molecule has 2 aromatic rings. The third kappa shape index (κ3) is 1.90. The summed E-state index contributed by atoms with van der Waals surface area (Å²) in [4.78, 5) is 11.9. The van der Waals surface area contributed by atoms with Crippen molar-refractivity contribution in [2.75, 3.05) is 0 Å². The van der Waals surface area contributed by atoms with Gasteiger partial charge in [0, 0.05) is 6.42 Å². The Hall–Kier alpha value is -1.29. The summed E-state index contributed by atoms with van der Waals surface area (Å²) in [6.07, 6.45) is 2.24. The molecule has 78 valence electrons. The van der Waals surface area contributed by atoms with Crippen molar-refractivity contribution < 1.29 is 13.6 Å². The fourth-order valence-corrected chi connectivity index (χ4v) is 1.70. The minimum absolute atomic E-state index is 0.171. The number of hydrogen-bond acceptors (Lipinski definition) is 3. The predicted octanol–water partition coefficient (Wildman–Crippen LogP) is 3.43. The smallest absolute Gasteiger partial charge is 0.232 e. The first-order valence-corrected chi connectivity index (χ1v) is 5.38. The lowest BCUT2D eigenvalue weighted by Gasteiger charge is -1.93. The Bertz CT molecular complexity index is 481. The summed E-state index contributed by atoms with van der Waals surface area (Å²) in [5.41, 5.74) is 0.479. The van der Waals surface area contributed by atoms with Crippen LogP contribution in [0.15, 0.2) is 38.0 Å². The third-order valence-corrected chi connectivity index (χ3v) is 2.71. The molecule has 0 saturated heterocycles. The second-order valence-electron chi connectivity index (χ2n) is 3.06. The van der Waals surface area contributed by atoms with E-state index in [2.05, 4.69) is 15.9 Å². The number of furan rings is 2. The molecular formula is C11H9BrO3. The van der Waals surface area contributed by atoms with E-state index >= 15 is 0 Å². The van der Waals surface area contributed by atoms with E-state index in [0.29, 0.717) is 16.0 Å². The largest absolute Gasteiger partial charge is 0.458 e. The SMILES string of the molecule is CCc1ccc(C(=O)c2ccoc2Br)o1. The van der Waals surface area contributed by atoms with Gasteiger partial charge in [0.05, 0.1) is 11.8 Å². The van der Waals surface area contributed by atoms with Gasteiger partial charge in [-0.1, -0.05) is 6.92 Å². The molecule has 0 aliphatic carbocycles. The Morgan fingerprint density at radius 1 is 1.40 bits per heavy atom. The molecule has 2 rings (SSSR count). The normalized spacial score (nSPS) is 10.5. The first-order valence-electron chi connectivity index (χ1n) is 4.58. The molecule has 0 amide bonds. The molecule has 0 bridgehead atoms. The molecule has 0 aliphatic rings. The van der Waals surface area contributed by atoms with E-state index in [4.69, 9.17) is 8.83 Å². The number of carbonyl (C=O) groups excluding carboxylic acids is 1. The Morgan fingerprint density at radius 2 is 2.20 bits per heavy atom. The molecule has 0 N–H and O–H groups in total. The van der Waals surface area contributed by atoms with Crippen LogP contribution >= 0.6 is 15.9 Å². The molecule has 0 unspecified atom stereocenters. The van der Waals surface area contributed by atoms with Crippen molar-refractivity contribution >= 4 is 21.7 Å². The van der Waals surface area contributed by atoms with Gasteiger partial charge in [0.25, 0.3) is 0 Å². The highest BCUT2D eigenvalue weighted by Gasteiger charge is 2.17. The maximum absolute atomic E-state index is 11.9. The van der Waals surface area contributed by atoms with E-state index in [0.717, 1.165) is 12.2 Å². The van der Waals surface area contributed by atoms with Crippen LogP contribution in [0.4, 0.5) is 0 Å². The monoisotopic (exact) mass is 268 g/mol. The molecule has 0 saturated carbocycles. The number of aryl methyl sites for hydroxylation is 1. The van der Waals surface area contributed by atoms with Crippen molar-refractivity contribution in [3.63, 3.8) is 0 Å². The molecular weight excluding hydrogens is 260 g/mol. The molecule has 0 aromatic carbocycles. The first-order chi connectivity index (χ1) is 7.22. The average molecular weight is 269 g/mol. The Kier molecular flexibility index (Phi) is 2.77. The summed E-state index contributed by atoms with van der Waals surface area (Å²) in [5.74, 6) is 0.974. The maximum atomic E-state index is 11.9. The van der Waals surface area contributed by atoms with Crippen LogP contribution < -0.4 is 0 Å². The number of carbonyl (C=O) groups is 1. The summed E-state index contributed by atoms with van der Waals surface area (Å²) < 4.78 is 10.8.